The van der Waals surface area contributed by atoms with E-state index >= 15 is 0 Å². The van der Waals surface area contributed by atoms with Gasteiger partial charge >= 0.3 is 0 Å². The highest BCUT2D eigenvalue weighted by molar-refractivity contribution is 5.92. The predicted molar refractivity (Wildman–Crippen MR) is 113 cm³/mol. The quantitative estimate of drug-likeness (QED) is 0.635. The molecule has 0 N–H and O–H groups in total. The van der Waals surface area contributed by atoms with Crippen molar-refractivity contribution in [1.29, 1.82) is 0 Å². The van der Waals surface area contributed by atoms with Crippen LogP contribution < -0.4 is 9.47 Å². The Bertz CT molecular complexity index is 806. The van der Waals surface area contributed by atoms with Crippen LogP contribution in [0.5, 0.6) is 11.5 Å². The van der Waals surface area contributed by atoms with Crippen molar-refractivity contribution in [1.82, 2.24) is 9.80 Å². The number of methoxy groups -OCH3 is 1. The summed E-state index contributed by atoms with van der Waals surface area (Å²) in [5.41, 5.74) is 0.906. The first kappa shape index (κ1) is 21.0. The van der Waals surface area contributed by atoms with Crippen LogP contribution in [0.1, 0.15) is 25.2 Å². The van der Waals surface area contributed by atoms with Gasteiger partial charge in [-0.2, -0.15) is 0 Å². The summed E-state index contributed by atoms with van der Waals surface area (Å²) in [6, 6.07) is 9.59. The van der Waals surface area contributed by atoms with Crippen molar-refractivity contribution in [2.45, 2.75) is 20.4 Å². The molecule has 6 heteroatoms. The van der Waals surface area contributed by atoms with Crippen LogP contribution in [0.25, 0.3) is 6.08 Å². The van der Waals surface area contributed by atoms with Crippen LogP contribution in [0.15, 0.2) is 47.1 Å². The van der Waals surface area contributed by atoms with E-state index in [2.05, 4.69) is 18.7 Å². The van der Waals surface area contributed by atoms with Gasteiger partial charge in [0.25, 0.3) is 0 Å². The molecule has 0 radical (unpaired) electrons. The Labute approximate surface area is 172 Å². The molecule has 1 amide bonds. The standard InChI is InChI=1S/C23H30N2O4/c1-18(2)17-29-21-8-6-19(15-22(21)27-3)7-9-23(26)25-12-10-24(11-13-25)16-20-5-4-14-28-20/h4-9,14-15,18H,10-13,16-17H2,1-3H3/b9-7+. The lowest BCUT2D eigenvalue weighted by atomic mass is 10.1. The Morgan fingerprint density at radius 1 is 1.17 bits per heavy atom. The van der Waals surface area contributed by atoms with Gasteiger partial charge in [0.1, 0.15) is 5.76 Å². The topological polar surface area (TPSA) is 55.2 Å². The molecule has 1 aliphatic heterocycles. The normalized spacial score (nSPS) is 15.2. The number of amides is 1. The van der Waals surface area contributed by atoms with Crippen molar-refractivity contribution in [3.05, 3.63) is 54.0 Å². The number of rotatable bonds is 8. The molecular weight excluding hydrogens is 368 g/mol. The fraction of sp³-hybridized carbons (Fsp3) is 0.435. The smallest absolute Gasteiger partial charge is 0.246 e. The molecule has 1 aromatic carbocycles. The Hall–Kier alpha value is -2.73. The van der Waals surface area contributed by atoms with E-state index in [0.29, 0.717) is 18.3 Å². The van der Waals surface area contributed by atoms with Crippen LogP contribution in [-0.4, -0.2) is 55.6 Å². The van der Waals surface area contributed by atoms with Crippen molar-refractivity contribution in [2.75, 3.05) is 39.9 Å². The average Bonchev–Trinajstić information content (AvgIpc) is 3.24. The molecule has 1 saturated heterocycles. The largest absolute Gasteiger partial charge is 0.493 e. The number of benzene rings is 1. The van der Waals surface area contributed by atoms with E-state index in [1.807, 2.05) is 41.3 Å². The fourth-order valence-corrected chi connectivity index (χ4v) is 3.19. The van der Waals surface area contributed by atoms with E-state index in [1.165, 1.54) is 0 Å². The second-order valence-electron chi connectivity index (χ2n) is 7.63. The molecule has 1 aromatic heterocycles. The van der Waals surface area contributed by atoms with Gasteiger partial charge in [-0.05, 0) is 41.8 Å². The van der Waals surface area contributed by atoms with Crippen molar-refractivity contribution in [3.63, 3.8) is 0 Å². The minimum Gasteiger partial charge on any atom is -0.493 e. The summed E-state index contributed by atoms with van der Waals surface area (Å²) in [7, 11) is 1.62. The Balaban J connectivity index is 1.52. The number of hydrogen-bond donors (Lipinski definition) is 0. The maximum absolute atomic E-state index is 12.5. The molecule has 1 fully saturated rings. The van der Waals surface area contributed by atoms with E-state index < -0.39 is 0 Å². The summed E-state index contributed by atoms with van der Waals surface area (Å²) in [6.07, 6.45) is 5.15. The van der Waals surface area contributed by atoms with Gasteiger partial charge in [-0.15, -0.1) is 0 Å². The zero-order valence-corrected chi connectivity index (χ0v) is 17.5. The lowest BCUT2D eigenvalue weighted by molar-refractivity contribution is -0.127. The second-order valence-corrected chi connectivity index (χ2v) is 7.63. The molecule has 0 bridgehead atoms. The molecule has 2 heterocycles. The van der Waals surface area contributed by atoms with Crippen LogP contribution in [0, 0.1) is 5.92 Å². The van der Waals surface area contributed by atoms with E-state index in [9.17, 15) is 4.79 Å². The number of hydrogen-bond acceptors (Lipinski definition) is 5. The maximum Gasteiger partial charge on any atom is 0.246 e. The first-order chi connectivity index (χ1) is 14.0. The predicted octanol–water partition coefficient (Wildman–Crippen LogP) is 3.68. The highest BCUT2D eigenvalue weighted by atomic mass is 16.5. The third kappa shape index (κ3) is 6.12. The average molecular weight is 399 g/mol. The molecule has 2 aromatic rings. The van der Waals surface area contributed by atoms with Crippen LogP contribution in [0.4, 0.5) is 0 Å². The lowest BCUT2D eigenvalue weighted by Gasteiger charge is -2.33. The SMILES string of the molecule is COc1cc(/C=C/C(=O)N2CCN(Cc3ccco3)CC2)ccc1OCC(C)C. The zero-order valence-electron chi connectivity index (χ0n) is 17.5. The van der Waals surface area contributed by atoms with Crippen LogP contribution in [0.3, 0.4) is 0 Å². The minimum absolute atomic E-state index is 0.0294. The van der Waals surface area contributed by atoms with Gasteiger partial charge in [-0.25, -0.2) is 0 Å². The van der Waals surface area contributed by atoms with E-state index in [1.54, 1.807) is 19.4 Å². The molecule has 0 unspecified atom stereocenters. The van der Waals surface area contributed by atoms with Gasteiger partial charge < -0.3 is 18.8 Å². The van der Waals surface area contributed by atoms with Gasteiger partial charge in [0.05, 0.1) is 26.5 Å². The number of nitrogens with zero attached hydrogens (tertiary/aromatic N) is 2. The molecule has 0 spiro atoms. The molecule has 0 aliphatic carbocycles. The van der Waals surface area contributed by atoms with Crippen LogP contribution >= 0.6 is 0 Å². The van der Waals surface area contributed by atoms with Gasteiger partial charge in [0, 0.05) is 32.3 Å². The van der Waals surface area contributed by atoms with Crippen molar-refractivity contribution >= 4 is 12.0 Å². The van der Waals surface area contributed by atoms with Gasteiger partial charge in [-0.1, -0.05) is 19.9 Å². The van der Waals surface area contributed by atoms with Gasteiger partial charge in [-0.3, -0.25) is 9.69 Å². The molecule has 156 valence electrons. The number of piperazine rings is 1. The summed E-state index contributed by atoms with van der Waals surface area (Å²) in [4.78, 5) is 16.7. The maximum atomic E-state index is 12.5. The molecule has 0 saturated carbocycles. The van der Waals surface area contributed by atoms with Crippen molar-refractivity contribution in [3.8, 4) is 11.5 Å². The molecular formula is C23H30N2O4. The molecule has 6 nitrogen and oxygen atoms in total. The summed E-state index contributed by atoms with van der Waals surface area (Å²) >= 11 is 0. The Kier molecular flexibility index (Phi) is 7.36. The number of furan rings is 1. The third-order valence-electron chi connectivity index (χ3n) is 4.82. The monoisotopic (exact) mass is 398 g/mol. The number of carbonyl (C=O) groups is 1. The van der Waals surface area contributed by atoms with Gasteiger partial charge in [0.15, 0.2) is 11.5 Å². The first-order valence-electron chi connectivity index (χ1n) is 10.1. The first-order valence-corrected chi connectivity index (χ1v) is 10.1. The van der Waals surface area contributed by atoms with E-state index in [4.69, 9.17) is 13.9 Å². The second kappa shape index (κ2) is 10.2. The summed E-state index contributed by atoms with van der Waals surface area (Å²) in [6.45, 7) is 8.75. The third-order valence-corrected chi connectivity index (χ3v) is 4.82. The zero-order chi connectivity index (χ0) is 20.6. The molecule has 0 atom stereocenters. The van der Waals surface area contributed by atoms with Crippen molar-refractivity contribution in [2.24, 2.45) is 5.92 Å². The van der Waals surface area contributed by atoms with Gasteiger partial charge in [0.2, 0.25) is 5.91 Å². The van der Waals surface area contributed by atoms with E-state index in [0.717, 1.165) is 49.8 Å². The number of ether oxygens (including phenoxy) is 2. The summed E-state index contributed by atoms with van der Waals surface area (Å²) in [5.74, 6) is 2.82. The fourth-order valence-electron chi connectivity index (χ4n) is 3.19. The number of carbonyl (C=O) groups excluding carboxylic acids is 1. The highest BCUT2D eigenvalue weighted by Crippen LogP contribution is 2.29. The summed E-state index contributed by atoms with van der Waals surface area (Å²) in [5, 5.41) is 0. The molecule has 3 rings (SSSR count). The highest BCUT2D eigenvalue weighted by Gasteiger charge is 2.20. The minimum atomic E-state index is 0.0294. The van der Waals surface area contributed by atoms with Crippen LogP contribution in [-0.2, 0) is 11.3 Å². The van der Waals surface area contributed by atoms with Crippen molar-refractivity contribution < 1.29 is 18.7 Å². The Morgan fingerprint density at radius 3 is 2.62 bits per heavy atom. The molecule has 1 aliphatic rings. The summed E-state index contributed by atoms with van der Waals surface area (Å²) < 4.78 is 16.6. The molecule has 29 heavy (non-hydrogen) atoms. The Morgan fingerprint density at radius 2 is 1.97 bits per heavy atom. The van der Waals surface area contributed by atoms with Crippen LogP contribution in [0.2, 0.25) is 0 Å². The van der Waals surface area contributed by atoms with E-state index in [-0.39, 0.29) is 5.91 Å². The lowest BCUT2D eigenvalue weighted by Crippen LogP contribution is -2.47.